The molecule has 76 valence electrons. The predicted molar refractivity (Wildman–Crippen MR) is 59.7 cm³/mol. The Labute approximate surface area is 83.3 Å². The number of rotatable bonds is 7. The van der Waals surface area contributed by atoms with Gasteiger partial charge in [-0.15, -0.1) is 11.8 Å². The van der Waals surface area contributed by atoms with E-state index in [2.05, 4.69) is 31.0 Å². The van der Waals surface area contributed by atoms with Gasteiger partial charge in [-0.3, -0.25) is 0 Å². The molecule has 0 aliphatic heterocycles. The van der Waals surface area contributed by atoms with E-state index in [1.807, 2.05) is 0 Å². The molecule has 0 heterocycles. The number of nitrogens with one attached hydrogen (secondary N) is 1. The van der Waals surface area contributed by atoms with Gasteiger partial charge in [-0.05, 0) is 25.9 Å². The van der Waals surface area contributed by atoms with Crippen LogP contribution >= 0.6 is 0 Å². The molecule has 0 aliphatic rings. The predicted octanol–water partition coefficient (Wildman–Crippen LogP) is 2.96. The Kier molecular flexibility index (Phi) is 11.1. The number of hydrogen-bond acceptors (Lipinski definition) is 1. The molecule has 0 rings (SSSR count). The lowest BCUT2D eigenvalue weighted by molar-refractivity contribution is 0.683. The molecule has 0 fully saturated rings. The highest BCUT2D eigenvalue weighted by Crippen LogP contribution is 1.96. The molecule has 0 bridgehead atoms. The van der Waals surface area contributed by atoms with Gasteiger partial charge in [0, 0.05) is 12.8 Å². The molecule has 0 atom stereocenters. The van der Waals surface area contributed by atoms with Gasteiger partial charge in [-0.25, -0.2) is 0 Å². The monoisotopic (exact) mass is 181 g/mol. The number of hydrogen-bond donors (Lipinski definition) is 1. The molecule has 1 nitrogen and oxygen atoms in total. The Hall–Kier alpha value is -0.480. The highest BCUT2D eigenvalue weighted by atomic mass is 14.8. The zero-order chi connectivity index (χ0) is 9.78. The second-order valence-electron chi connectivity index (χ2n) is 3.27. The topological polar surface area (TPSA) is 12.0 Å². The second kappa shape index (κ2) is 11.5. The van der Waals surface area contributed by atoms with E-state index in [1.165, 1.54) is 25.7 Å². The van der Waals surface area contributed by atoms with E-state index >= 15 is 0 Å². The molecular weight excluding hydrogens is 158 g/mol. The molecule has 0 aromatic rings. The summed E-state index contributed by atoms with van der Waals surface area (Å²) in [6, 6.07) is 0. The summed E-state index contributed by atoms with van der Waals surface area (Å²) in [7, 11) is 0. The largest absolute Gasteiger partial charge is 0.317 e. The van der Waals surface area contributed by atoms with Gasteiger partial charge >= 0.3 is 0 Å². The minimum Gasteiger partial charge on any atom is -0.317 e. The first-order chi connectivity index (χ1) is 6.41. The summed E-state index contributed by atoms with van der Waals surface area (Å²) < 4.78 is 0. The summed E-state index contributed by atoms with van der Waals surface area (Å²) in [5.41, 5.74) is 0. The summed E-state index contributed by atoms with van der Waals surface area (Å²) in [5, 5.41) is 3.29. The number of unbranched alkanes of at least 4 members (excludes halogenated alkanes) is 4. The van der Waals surface area contributed by atoms with E-state index < -0.39 is 0 Å². The first kappa shape index (κ1) is 12.5. The van der Waals surface area contributed by atoms with Gasteiger partial charge in [0.1, 0.15) is 0 Å². The molecule has 1 N–H and O–H groups in total. The molecule has 0 aromatic heterocycles. The minimum absolute atomic E-state index is 1.05. The van der Waals surface area contributed by atoms with Crippen LogP contribution in [0.15, 0.2) is 0 Å². The van der Waals surface area contributed by atoms with Gasteiger partial charge < -0.3 is 5.32 Å². The Bertz CT molecular complexity index is 141. The molecule has 0 radical (unpaired) electrons. The zero-order valence-electron chi connectivity index (χ0n) is 9.16. The normalized spacial score (nSPS) is 9.38. The highest BCUT2D eigenvalue weighted by Gasteiger charge is 1.82. The zero-order valence-corrected chi connectivity index (χ0v) is 9.16. The van der Waals surface area contributed by atoms with Crippen molar-refractivity contribution >= 4 is 0 Å². The lowest BCUT2D eigenvalue weighted by Crippen LogP contribution is -2.13. The molecule has 1 heteroatoms. The maximum absolute atomic E-state index is 3.29. The highest BCUT2D eigenvalue weighted by molar-refractivity contribution is 4.98. The van der Waals surface area contributed by atoms with Crippen molar-refractivity contribution < 1.29 is 0 Å². The van der Waals surface area contributed by atoms with Crippen LogP contribution in [0.2, 0.25) is 0 Å². The maximum atomic E-state index is 3.29. The maximum Gasteiger partial charge on any atom is 0.0101 e. The van der Waals surface area contributed by atoms with E-state index in [0.29, 0.717) is 0 Å². The molecule has 0 spiro atoms. The Morgan fingerprint density at radius 2 is 1.62 bits per heavy atom. The molecule has 0 aliphatic carbocycles. The second-order valence-corrected chi connectivity index (χ2v) is 3.27. The minimum atomic E-state index is 1.05. The Morgan fingerprint density at radius 3 is 2.23 bits per heavy atom. The molecule has 0 saturated carbocycles. The van der Waals surface area contributed by atoms with Crippen molar-refractivity contribution in [1.29, 1.82) is 0 Å². The Morgan fingerprint density at radius 1 is 0.923 bits per heavy atom. The van der Waals surface area contributed by atoms with Crippen LogP contribution in [-0.2, 0) is 0 Å². The molecular formula is C12H23N. The Balaban J connectivity index is 3.02. The third-order valence-corrected chi connectivity index (χ3v) is 1.94. The van der Waals surface area contributed by atoms with Crippen molar-refractivity contribution in [3.8, 4) is 11.8 Å². The standard InChI is InChI=1S/C12H23N/c1-3-5-6-7-8-9-10-11-12-13-4-2/h13H,3-7,10-12H2,1-2H3. The summed E-state index contributed by atoms with van der Waals surface area (Å²) in [5.74, 6) is 6.43. The van der Waals surface area contributed by atoms with Gasteiger partial charge in [0.25, 0.3) is 0 Å². The van der Waals surface area contributed by atoms with Crippen LogP contribution in [0, 0.1) is 11.8 Å². The quantitative estimate of drug-likeness (QED) is 0.470. The summed E-state index contributed by atoms with van der Waals surface area (Å²) in [4.78, 5) is 0. The van der Waals surface area contributed by atoms with Crippen LogP contribution in [0.1, 0.15) is 52.4 Å². The third kappa shape index (κ3) is 11.5. The van der Waals surface area contributed by atoms with Crippen LogP contribution in [0.3, 0.4) is 0 Å². The van der Waals surface area contributed by atoms with Crippen molar-refractivity contribution in [2.75, 3.05) is 13.1 Å². The van der Waals surface area contributed by atoms with Crippen LogP contribution in [0.5, 0.6) is 0 Å². The van der Waals surface area contributed by atoms with Crippen molar-refractivity contribution in [2.45, 2.75) is 52.4 Å². The van der Waals surface area contributed by atoms with Gasteiger partial charge in [0.05, 0.1) is 0 Å². The first-order valence-electron chi connectivity index (χ1n) is 5.58. The molecule has 0 amide bonds. The van der Waals surface area contributed by atoms with Gasteiger partial charge in [0.15, 0.2) is 0 Å². The molecule has 0 aromatic carbocycles. The van der Waals surface area contributed by atoms with E-state index in [-0.39, 0.29) is 0 Å². The molecule has 0 unspecified atom stereocenters. The first-order valence-corrected chi connectivity index (χ1v) is 5.58. The van der Waals surface area contributed by atoms with Gasteiger partial charge in [0.2, 0.25) is 0 Å². The average Bonchev–Trinajstić information content (AvgIpc) is 2.16. The summed E-state index contributed by atoms with van der Waals surface area (Å²) >= 11 is 0. The van der Waals surface area contributed by atoms with E-state index in [1.54, 1.807) is 0 Å². The summed E-state index contributed by atoms with van der Waals surface area (Å²) in [6.07, 6.45) is 7.23. The fourth-order valence-electron chi connectivity index (χ4n) is 1.12. The SMILES string of the molecule is CCCCCC#CCCCNCC. The lowest BCUT2D eigenvalue weighted by Gasteiger charge is -1.95. The van der Waals surface area contributed by atoms with Crippen molar-refractivity contribution in [2.24, 2.45) is 0 Å². The third-order valence-electron chi connectivity index (χ3n) is 1.94. The van der Waals surface area contributed by atoms with E-state index in [0.717, 1.165) is 25.9 Å². The van der Waals surface area contributed by atoms with Crippen molar-refractivity contribution in [1.82, 2.24) is 5.32 Å². The fourth-order valence-corrected chi connectivity index (χ4v) is 1.12. The van der Waals surface area contributed by atoms with Crippen LogP contribution in [0.4, 0.5) is 0 Å². The van der Waals surface area contributed by atoms with Crippen LogP contribution in [0.25, 0.3) is 0 Å². The van der Waals surface area contributed by atoms with Gasteiger partial charge in [-0.1, -0.05) is 26.7 Å². The summed E-state index contributed by atoms with van der Waals surface area (Å²) in [6.45, 7) is 6.55. The average molecular weight is 181 g/mol. The fraction of sp³-hybridized carbons (Fsp3) is 0.833. The van der Waals surface area contributed by atoms with E-state index in [4.69, 9.17) is 0 Å². The molecule has 0 saturated heterocycles. The molecule has 13 heavy (non-hydrogen) atoms. The van der Waals surface area contributed by atoms with Crippen molar-refractivity contribution in [3.05, 3.63) is 0 Å². The van der Waals surface area contributed by atoms with Crippen LogP contribution < -0.4 is 5.32 Å². The van der Waals surface area contributed by atoms with Gasteiger partial charge in [-0.2, -0.15) is 0 Å². The van der Waals surface area contributed by atoms with Crippen LogP contribution in [-0.4, -0.2) is 13.1 Å². The van der Waals surface area contributed by atoms with E-state index in [9.17, 15) is 0 Å². The smallest absolute Gasteiger partial charge is 0.0101 e. The lowest BCUT2D eigenvalue weighted by atomic mass is 10.2. The van der Waals surface area contributed by atoms with Crippen molar-refractivity contribution in [3.63, 3.8) is 0 Å².